The second-order valence-electron chi connectivity index (χ2n) is 6.97. The van der Waals surface area contributed by atoms with Crippen LogP contribution in [0.2, 0.25) is 10.0 Å². The first-order valence-corrected chi connectivity index (χ1v) is 10.2. The minimum atomic E-state index is -0.235. The summed E-state index contributed by atoms with van der Waals surface area (Å²) in [5, 5.41) is 12.7. The van der Waals surface area contributed by atoms with Crippen LogP contribution in [0, 0.1) is 0 Å². The molecule has 5 rings (SSSR count). The number of imidazole rings is 1. The van der Waals surface area contributed by atoms with Crippen LogP contribution < -0.4 is 10.6 Å². The fourth-order valence-corrected chi connectivity index (χ4v) is 3.60. The number of nitrogens with zero attached hydrogens (tertiary/aromatic N) is 3. The van der Waals surface area contributed by atoms with Crippen molar-refractivity contribution >= 4 is 57.3 Å². The summed E-state index contributed by atoms with van der Waals surface area (Å²) in [6.07, 6.45) is 3.42. The molecule has 2 aromatic carbocycles. The van der Waals surface area contributed by atoms with Crippen LogP contribution in [0.4, 0.5) is 11.6 Å². The minimum Gasteiger partial charge on any atom is -0.365 e. The fraction of sp³-hybridized carbons (Fsp3) is 0.0455. The molecule has 3 N–H and O–H groups in total. The van der Waals surface area contributed by atoms with Crippen LogP contribution in [0.25, 0.3) is 16.6 Å². The lowest BCUT2D eigenvalue weighted by atomic mass is 10.1. The summed E-state index contributed by atoms with van der Waals surface area (Å²) >= 11 is 12.0. The van der Waals surface area contributed by atoms with Gasteiger partial charge in [-0.2, -0.15) is 4.52 Å². The number of benzene rings is 2. The summed E-state index contributed by atoms with van der Waals surface area (Å²) in [5.41, 5.74) is 3.12. The van der Waals surface area contributed by atoms with Crippen molar-refractivity contribution in [2.75, 3.05) is 10.6 Å². The normalized spacial score (nSPS) is 11.2. The van der Waals surface area contributed by atoms with Crippen LogP contribution >= 0.6 is 23.2 Å². The number of halogens is 2. The summed E-state index contributed by atoms with van der Waals surface area (Å²) in [6.45, 7) is 0.516. The van der Waals surface area contributed by atoms with E-state index < -0.39 is 0 Å². The molecule has 9 heteroatoms. The zero-order valence-electron chi connectivity index (χ0n) is 16.1. The standard InChI is InChI=1S/C22H16Cl2N6O/c23-16-3-1-13(9-17(16)24)11-26-19-5-6-20-27-12-21(30(20)29-19)28-22(31)15-2-4-18-14(10-15)7-8-25-18/h1-10,12,25H,11H2,(H,26,29)(H,28,31). The smallest absolute Gasteiger partial charge is 0.256 e. The predicted molar refractivity (Wildman–Crippen MR) is 123 cm³/mol. The predicted octanol–water partition coefficient (Wildman–Crippen LogP) is 5.38. The molecule has 0 aliphatic heterocycles. The van der Waals surface area contributed by atoms with Gasteiger partial charge in [-0.1, -0.05) is 29.3 Å². The molecule has 0 fully saturated rings. The van der Waals surface area contributed by atoms with Gasteiger partial charge in [-0.05, 0) is 54.1 Å². The zero-order chi connectivity index (χ0) is 21.4. The van der Waals surface area contributed by atoms with Crippen molar-refractivity contribution in [2.24, 2.45) is 0 Å². The number of carbonyl (C=O) groups is 1. The van der Waals surface area contributed by atoms with Gasteiger partial charge in [0, 0.05) is 29.2 Å². The van der Waals surface area contributed by atoms with Gasteiger partial charge >= 0.3 is 0 Å². The topological polar surface area (TPSA) is 87.1 Å². The Morgan fingerprint density at radius 1 is 1.03 bits per heavy atom. The second-order valence-corrected chi connectivity index (χ2v) is 7.78. The summed E-state index contributed by atoms with van der Waals surface area (Å²) in [7, 11) is 0. The van der Waals surface area contributed by atoms with E-state index in [1.165, 1.54) is 0 Å². The Morgan fingerprint density at radius 2 is 1.94 bits per heavy atom. The van der Waals surface area contributed by atoms with E-state index in [0.717, 1.165) is 16.5 Å². The Hall–Kier alpha value is -3.55. The van der Waals surface area contributed by atoms with Crippen molar-refractivity contribution in [3.8, 4) is 0 Å². The average molecular weight is 451 g/mol. The highest BCUT2D eigenvalue weighted by atomic mass is 35.5. The molecule has 0 spiro atoms. The monoisotopic (exact) mass is 450 g/mol. The number of hydrogen-bond acceptors (Lipinski definition) is 4. The van der Waals surface area contributed by atoms with Gasteiger partial charge in [0.2, 0.25) is 0 Å². The molecule has 0 aliphatic carbocycles. The van der Waals surface area contributed by atoms with Crippen LogP contribution in [-0.4, -0.2) is 25.5 Å². The molecule has 0 radical (unpaired) electrons. The van der Waals surface area contributed by atoms with Gasteiger partial charge in [-0.25, -0.2) is 4.98 Å². The lowest BCUT2D eigenvalue weighted by molar-refractivity contribution is 0.102. The Bertz CT molecular complexity index is 1420. The van der Waals surface area contributed by atoms with Crippen LogP contribution in [0.5, 0.6) is 0 Å². The molecule has 0 bridgehead atoms. The number of aromatic nitrogens is 4. The van der Waals surface area contributed by atoms with Crippen molar-refractivity contribution in [1.82, 2.24) is 19.6 Å². The van der Waals surface area contributed by atoms with Crippen molar-refractivity contribution < 1.29 is 4.79 Å². The SMILES string of the molecule is O=C(Nc1cnc2ccc(NCc3ccc(Cl)c(Cl)c3)nn12)c1ccc2[nH]ccc2c1. The van der Waals surface area contributed by atoms with E-state index in [0.29, 0.717) is 39.4 Å². The van der Waals surface area contributed by atoms with Crippen LogP contribution in [0.1, 0.15) is 15.9 Å². The van der Waals surface area contributed by atoms with Gasteiger partial charge in [0.25, 0.3) is 5.91 Å². The number of carbonyl (C=O) groups excluding carboxylic acids is 1. The number of H-pyrrole nitrogens is 1. The summed E-state index contributed by atoms with van der Waals surface area (Å²) < 4.78 is 1.59. The average Bonchev–Trinajstić information content (AvgIpc) is 3.41. The highest BCUT2D eigenvalue weighted by molar-refractivity contribution is 6.42. The molecule has 3 heterocycles. The number of hydrogen-bond donors (Lipinski definition) is 3. The third kappa shape index (κ3) is 3.93. The number of fused-ring (bicyclic) bond motifs is 2. The lowest BCUT2D eigenvalue weighted by Gasteiger charge is -2.09. The van der Waals surface area contributed by atoms with Crippen molar-refractivity contribution in [3.05, 3.63) is 88.2 Å². The molecule has 0 aliphatic rings. The first-order valence-electron chi connectivity index (χ1n) is 9.48. The maximum Gasteiger partial charge on any atom is 0.256 e. The molecule has 154 valence electrons. The minimum absolute atomic E-state index is 0.235. The highest BCUT2D eigenvalue weighted by Crippen LogP contribution is 2.23. The summed E-state index contributed by atoms with van der Waals surface area (Å²) in [4.78, 5) is 20.2. The lowest BCUT2D eigenvalue weighted by Crippen LogP contribution is -2.14. The van der Waals surface area contributed by atoms with Gasteiger partial charge in [0.1, 0.15) is 5.82 Å². The molecule has 3 aromatic heterocycles. The van der Waals surface area contributed by atoms with E-state index in [4.69, 9.17) is 23.2 Å². The molecule has 0 saturated carbocycles. The molecular weight excluding hydrogens is 435 g/mol. The van der Waals surface area contributed by atoms with E-state index >= 15 is 0 Å². The first kappa shape index (κ1) is 19.4. The molecule has 7 nitrogen and oxygen atoms in total. The number of amides is 1. The van der Waals surface area contributed by atoms with E-state index in [9.17, 15) is 4.79 Å². The quantitative estimate of drug-likeness (QED) is 0.335. The van der Waals surface area contributed by atoms with Crippen molar-refractivity contribution in [3.63, 3.8) is 0 Å². The highest BCUT2D eigenvalue weighted by Gasteiger charge is 2.12. The van der Waals surface area contributed by atoms with E-state index in [-0.39, 0.29) is 5.91 Å². The molecular formula is C22H16Cl2N6O. The van der Waals surface area contributed by atoms with Crippen molar-refractivity contribution in [2.45, 2.75) is 6.54 Å². The molecule has 0 unspecified atom stereocenters. The summed E-state index contributed by atoms with van der Waals surface area (Å²) in [5.74, 6) is 0.869. The molecule has 0 atom stereocenters. The second kappa shape index (κ2) is 7.94. The number of rotatable bonds is 5. The number of nitrogens with one attached hydrogen (secondary N) is 3. The van der Waals surface area contributed by atoms with Crippen LogP contribution in [0.15, 0.2) is 67.0 Å². The fourth-order valence-electron chi connectivity index (χ4n) is 3.28. The van der Waals surface area contributed by atoms with Gasteiger partial charge < -0.3 is 15.6 Å². The Morgan fingerprint density at radius 3 is 2.81 bits per heavy atom. The number of anilines is 2. The largest absolute Gasteiger partial charge is 0.365 e. The molecule has 5 aromatic rings. The van der Waals surface area contributed by atoms with E-state index in [1.54, 1.807) is 28.9 Å². The third-order valence-electron chi connectivity index (χ3n) is 4.88. The maximum atomic E-state index is 12.7. The van der Waals surface area contributed by atoms with Crippen molar-refractivity contribution in [1.29, 1.82) is 0 Å². The van der Waals surface area contributed by atoms with Gasteiger partial charge in [-0.15, -0.1) is 5.10 Å². The van der Waals surface area contributed by atoms with Gasteiger partial charge in [-0.3, -0.25) is 4.79 Å². The molecule has 31 heavy (non-hydrogen) atoms. The number of aromatic amines is 1. The van der Waals surface area contributed by atoms with Crippen LogP contribution in [-0.2, 0) is 6.54 Å². The zero-order valence-corrected chi connectivity index (χ0v) is 17.6. The Kier molecular flexibility index (Phi) is 4.97. The molecule has 1 amide bonds. The maximum absolute atomic E-state index is 12.7. The third-order valence-corrected chi connectivity index (χ3v) is 5.62. The first-order chi connectivity index (χ1) is 15.1. The van der Waals surface area contributed by atoms with Crippen LogP contribution in [0.3, 0.4) is 0 Å². The molecule has 0 saturated heterocycles. The summed E-state index contributed by atoms with van der Waals surface area (Å²) in [6, 6.07) is 16.5. The van der Waals surface area contributed by atoms with E-state index in [1.807, 2.05) is 42.6 Å². The van der Waals surface area contributed by atoms with E-state index in [2.05, 4.69) is 25.7 Å². The van der Waals surface area contributed by atoms with Gasteiger partial charge in [0.05, 0.1) is 16.2 Å². The van der Waals surface area contributed by atoms with Gasteiger partial charge in [0.15, 0.2) is 11.5 Å². The Labute approximate surface area is 187 Å². The Balaban J connectivity index is 1.35.